The van der Waals surface area contributed by atoms with E-state index in [0.29, 0.717) is 103 Å². The molecule has 0 bridgehead atoms. The van der Waals surface area contributed by atoms with E-state index < -0.39 is 12.6 Å². The van der Waals surface area contributed by atoms with Crippen LogP contribution in [0.15, 0.2) is 368 Å². The second-order valence-electron chi connectivity index (χ2n) is 34.0. The number of hydrogen-bond acceptors (Lipinski definition) is 18. The lowest BCUT2D eigenvalue weighted by Gasteiger charge is -2.33. The molecule has 0 amide bonds. The first-order valence-electron chi connectivity index (χ1n) is 47.3. The Kier molecular flexibility index (Phi) is 34.7. The van der Waals surface area contributed by atoms with Gasteiger partial charge in [-0.25, -0.2) is 0 Å². The molecule has 0 saturated carbocycles. The second kappa shape index (κ2) is 49.1. The summed E-state index contributed by atoms with van der Waals surface area (Å²) in [5.74, 6) is 0.741. The van der Waals surface area contributed by atoms with Crippen LogP contribution in [0.1, 0.15) is 116 Å². The van der Waals surface area contributed by atoms with Crippen molar-refractivity contribution in [1.82, 2.24) is 10.2 Å². The Morgan fingerprint density at radius 3 is 1.00 bits per heavy atom. The summed E-state index contributed by atoms with van der Waals surface area (Å²) in [4.78, 5) is 53.9. The molecule has 700 valence electrons. The van der Waals surface area contributed by atoms with Crippen LogP contribution in [0.2, 0.25) is 0 Å². The fourth-order valence-corrected chi connectivity index (χ4v) is 17.6. The molecule has 0 spiro atoms. The third-order valence-electron chi connectivity index (χ3n) is 24.3. The lowest BCUT2D eigenvalue weighted by Crippen LogP contribution is -2.16. The molecule has 18 heteroatoms. The van der Waals surface area contributed by atoms with E-state index in [1.807, 2.05) is 74.5 Å². The predicted octanol–water partition coefficient (Wildman–Crippen LogP) is 26.5. The topological polar surface area (TPSA) is 213 Å². The van der Waals surface area contributed by atoms with Gasteiger partial charge in [-0.05, 0) is 218 Å². The van der Waals surface area contributed by atoms with Crippen LogP contribution in [0.3, 0.4) is 0 Å². The maximum Gasteiger partial charge on any atom is 0.306 e. The summed E-state index contributed by atoms with van der Waals surface area (Å²) in [6.45, 7) is 9.33. The van der Waals surface area contributed by atoms with Gasteiger partial charge < -0.3 is 62.5 Å². The highest BCUT2D eigenvalue weighted by molar-refractivity contribution is 6.23. The smallest absolute Gasteiger partial charge is 0.306 e. The molecule has 3 atom stereocenters. The average Bonchev–Trinajstić information content (AvgIpc) is 0.803. The number of aliphatic hydroxyl groups excluding tert-OH is 2. The Hall–Kier alpha value is -14.9. The molecule has 17 aromatic rings. The standard InChI is InChI=1S/C49H47NO4.C47H44N2O4.C24H26N2O5/c1-3-53-45(51)33-27-35-23-29-38(30-24-35)47(37-15-7-5-8-16-37)48-41-19-11-13-21-43(41)49(44-22-14-12-20-42(44)48)50(39-17-9-6-10-18-39)40-31-25-36(26-32-40)28-34-46(52)54-4-2;1-34(50)33-36-23-28-40(29-24-36)49(38-15-7-4-8-16-38)47-43-19-11-9-17-41(43)46(42-18-10-12-20-44(42)47)48(37-13-5-3-6-14-37)39-26-21-35(22-27-39)25-30-45(51)53-32-31-52-2;1-17(27)3-4-18-5-10-20(11-6-18)23-25-26-24(31-23)21-12-7-19(8-13-21)9-14-22(28)30-16-15-29-2/h5-26,29-32,45,47,51H,3-4,27-28,33-34H2,1-2H3;3-24,26-29,45,51H,25,30-33H2,1-2H3;5-8,10-13H,3-4,9,14-16H2,1-2H3. The van der Waals surface area contributed by atoms with Crippen molar-refractivity contribution < 1.29 is 62.2 Å². The number of anilines is 9. The van der Waals surface area contributed by atoms with Gasteiger partial charge in [-0.1, -0.05) is 267 Å². The molecule has 0 saturated heterocycles. The molecule has 17 rings (SSSR count). The van der Waals surface area contributed by atoms with Gasteiger partial charge in [0.25, 0.3) is 0 Å². The number of carbonyl (C=O) groups is 4. The van der Waals surface area contributed by atoms with E-state index in [-0.39, 0.29) is 36.0 Å². The summed E-state index contributed by atoms with van der Waals surface area (Å²) in [5.41, 5.74) is 21.3. The van der Waals surface area contributed by atoms with E-state index in [1.54, 1.807) is 28.1 Å². The van der Waals surface area contributed by atoms with Gasteiger partial charge in [0.1, 0.15) is 18.2 Å². The summed E-state index contributed by atoms with van der Waals surface area (Å²) in [5, 5.41) is 37.9. The number of ketones is 2. The number of aryl methyl sites for hydroxylation is 5. The summed E-state index contributed by atoms with van der Waals surface area (Å²) < 4.78 is 36.8. The molecule has 16 aromatic carbocycles. The number of aromatic nitrogens is 2. The number of ether oxygens (including phenoxy) is 6. The van der Waals surface area contributed by atoms with Crippen molar-refractivity contribution >= 4 is 118 Å². The fraction of sp³-hybridized carbons (Fsp3) is 0.217. The van der Waals surface area contributed by atoms with Crippen molar-refractivity contribution in [3.8, 4) is 22.9 Å². The third-order valence-corrected chi connectivity index (χ3v) is 24.3. The van der Waals surface area contributed by atoms with Crippen molar-refractivity contribution in [1.29, 1.82) is 0 Å². The van der Waals surface area contributed by atoms with Crippen LogP contribution in [-0.2, 0) is 86.1 Å². The third kappa shape index (κ3) is 25.3. The Labute approximate surface area is 807 Å². The number of carbonyl (C=O) groups excluding carboxylic acids is 4. The Bertz CT molecular complexity index is 6700. The van der Waals surface area contributed by atoms with Gasteiger partial charge in [0.05, 0.1) is 43.5 Å². The van der Waals surface area contributed by atoms with E-state index in [4.69, 9.17) is 32.8 Å². The molecule has 1 heterocycles. The number of benzene rings is 16. The minimum atomic E-state index is -0.837. The van der Waals surface area contributed by atoms with E-state index >= 15 is 0 Å². The molecule has 0 aliphatic carbocycles. The zero-order valence-electron chi connectivity index (χ0n) is 79.0. The minimum absolute atomic E-state index is 0.0398. The Morgan fingerprint density at radius 2 is 0.623 bits per heavy atom. The highest BCUT2D eigenvalue weighted by atomic mass is 16.6. The lowest BCUT2D eigenvalue weighted by atomic mass is 9.79. The Balaban J connectivity index is 0.000000163. The first-order chi connectivity index (χ1) is 67.6. The van der Waals surface area contributed by atoms with Gasteiger partial charge in [-0.2, -0.15) is 0 Å². The van der Waals surface area contributed by atoms with E-state index in [1.165, 1.54) is 33.0 Å². The van der Waals surface area contributed by atoms with E-state index in [0.717, 1.165) is 135 Å². The molecular formula is C120H117N5O13. The van der Waals surface area contributed by atoms with Crippen LogP contribution >= 0.6 is 0 Å². The molecule has 0 aliphatic heterocycles. The molecule has 18 nitrogen and oxygen atoms in total. The SMILES string of the molecule is CCOC(=O)CCc1ccc(N(c2ccccc2)c2c3ccccc3c(C(c3ccccc3)c3ccc(CCC(O)OCC)cc3)c3ccccc23)cc1.COCCOC(=O)CCc1ccc(-c2nnc(-c3ccc(CCC(C)=O)cc3)o2)cc1.COCCOC(O)CCc1ccc(N(c2ccccc2)c2c3ccccc3c(N(c3ccccc3)c3ccc(CC(C)=O)cc3)c3ccccc23)cc1. The number of aliphatic hydroxyl groups is 2. The highest BCUT2D eigenvalue weighted by Crippen LogP contribution is 2.53. The number of Topliss-reactive ketones (excluding diaryl/α,β-unsaturated/α-hetero) is 2. The maximum atomic E-state index is 12.1. The number of hydrogen-bond donors (Lipinski definition) is 2. The number of esters is 2. The van der Waals surface area contributed by atoms with Crippen molar-refractivity contribution in [2.75, 3.05) is 68.6 Å². The van der Waals surface area contributed by atoms with Crippen LogP contribution < -0.4 is 14.7 Å². The molecule has 2 N–H and O–H groups in total. The van der Waals surface area contributed by atoms with Gasteiger partial charge in [-0.15, -0.1) is 10.2 Å². The van der Waals surface area contributed by atoms with E-state index in [2.05, 4.69) is 328 Å². The molecule has 138 heavy (non-hydrogen) atoms. The molecule has 1 aromatic heterocycles. The quantitative estimate of drug-likeness (QED) is 0.00910. The zero-order valence-corrected chi connectivity index (χ0v) is 79.0. The number of para-hydroxylation sites is 3. The van der Waals surface area contributed by atoms with Gasteiger partial charge >= 0.3 is 11.9 Å². The molecule has 0 aliphatic rings. The summed E-state index contributed by atoms with van der Waals surface area (Å²) in [6.07, 6.45) is 4.45. The van der Waals surface area contributed by atoms with Crippen molar-refractivity contribution in [2.45, 2.75) is 117 Å². The van der Waals surface area contributed by atoms with Crippen LogP contribution in [0.4, 0.5) is 51.2 Å². The van der Waals surface area contributed by atoms with Gasteiger partial charge in [0.2, 0.25) is 11.8 Å². The van der Waals surface area contributed by atoms with Crippen LogP contribution in [0.25, 0.3) is 66.0 Å². The lowest BCUT2D eigenvalue weighted by molar-refractivity contribution is -0.145. The monoisotopic (exact) mass is 1840 g/mol. The summed E-state index contributed by atoms with van der Waals surface area (Å²) in [6, 6.07) is 127. The average molecular weight is 1840 g/mol. The molecule has 3 unspecified atom stereocenters. The summed E-state index contributed by atoms with van der Waals surface area (Å²) in [7, 11) is 3.18. The predicted molar refractivity (Wildman–Crippen MR) is 554 cm³/mol. The Morgan fingerprint density at radius 1 is 0.312 bits per heavy atom. The maximum absolute atomic E-state index is 12.1. The first kappa shape index (κ1) is 97.7. The van der Waals surface area contributed by atoms with Crippen molar-refractivity contribution in [2.24, 2.45) is 0 Å². The number of fused-ring (bicyclic) bond motifs is 4. The second-order valence-corrected chi connectivity index (χ2v) is 34.0. The number of nitrogens with zero attached hydrogens (tertiary/aromatic N) is 5. The van der Waals surface area contributed by atoms with Crippen LogP contribution in [0.5, 0.6) is 0 Å². The zero-order chi connectivity index (χ0) is 95.9. The van der Waals surface area contributed by atoms with Gasteiger partial charge in [-0.3, -0.25) is 14.4 Å². The minimum Gasteiger partial charge on any atom is -0.466 e. The largest absolute Gasteiger partial charge is 0.466 e. The molecular weight excluding hydrogens is 1720 g/mol. The molecule has 0 radical (unpaired) electrons. The van der Waals surface area contributed by atoms with Crippen LogP contribution in [-0.4, -0.2) is 110 Å². The number of methoxy groups -OCH3 is 2. The van der Waals surface area contributed by atoms with E-state index in [9.17, 15) is 29.4 Å². The first-order valence-corrected chi connectivity index (χ1v) is 47.3. The van der Waals surface area contributed by atoms with Crippen molar-refractivity contribution in [3.63, 3.8) is 0 Å². The fourth-order valence-electron chi connectivity index (χ4n) is 17.6. The van der Waals surface area contributed by atoms with Crippen LogP contribution in [0, 0.1) is 0 Å². The van der Waals surface area contributed by atoms with Gasteiger partial charge in [0.15, 0.2) is 12.6 Å². The number of rotatable bonds is 41. The van der Waals surface area contributed by atoms with Gasteiger partial charge in [0, 0.05) is 143 Å². The highest BCUT2D eigenvalue weighted by Gasteiger charge is 2.30. The molecule has 0 fully saturated rings. The van der Waals surface area contributed by atoms with Crippen molar-refractivity contribution in [3.05, 3.63) is 414 Å². The normalized spacial score (nSPS) is 11.8. The summed E-state index contributed by atoms with van der Waals surface area (Å²) >= 11 is 0.